The minimum Gasteiger partial charge on any atom is -0.339 e. The average Bonchev–Trinajstić information content (AvgIpc) is 3.54. The van der Waals surface area contributed by atoms with Gasteiger partial charge in [-0.05, 0) is 90.6 Å². The summed E-state index contributed by atoms with van der Waals surface area (Å²) in [6, 6.07) is 17.3. The van der Waals surface area contributed by atoms with Gasteiger partial charge in [0.15, 0.2) is 0 Å². The molecule has 0 N–H and O–H groups in total. The third-order valence-corrected chi connectivity index (χ3v) is 7.96. The van der Waals surface area contributed by atoms with Gasteiger partial charge in [0.05, 0.1) is 0 Å². The third-order valence-electron chi connectivity index (χ3n) is 6.90. The van der Waals surface area contributed by atoms with Crippen LogP contribution in [0.5, 0.6) is 0 Å². The number of benzene rings is 2. The molecule has 5 rings (SSSR count). The Hall–Kier alpha value is -2.47. The van der Waals surface area contributed by atoms with Gasteiger partial charge in [0.25, 0.3) is 5.91 Å². The summed E-state index contributed by atoms with van der Waals surface area (Å²) >= 11 is 1.77. The predicted molar refractivity (Wildman–Crippen MR) is 145 cm³/mol. The molecule has 0 atom stereocenters. The van der Waals surface area contributed by atoms with Crippen molar-refractivity contribution in [3.63, 3.8) is 0 Å². The number of halogens is 2. The predicted octanol–water partition coefficient (Wildman–Crippen LogP) is 6.95. The summed E-state index contributed by atoms with van der Waals surface area (Å²) in [6.45, 7) is 6.70. The highest BCUT2D eigenvalue weighted by Crippen LogP contribution is 2.36. The normalized spacial score (nSPS) is 16.3. The Labute approximate surface area is 217 Å². The second-order valence-corrected chi connectivity index (χ2v) is 10.4. The number of thiophene rings is 1. The van der Waals surface area contributed by atoms with Crippen molar-refractivity contribution in [1.82, 2.24) is 9.80 Å². The van der Waals surface area contributed by atoms with Crippen molar-refractivity contribution in [2.45, 2.75) is 39.2 Å². The van der Waals surface area contributed by atoms with Crippen molar-refractivity contribution < 1.29 is 9.18 Å². The Morgan fingerprint density at radius 2 is 1.66 bits per heavy atom. The molecule has 0 radical (unpaired) electrons. The fraction of sp³-hybridized carbons (Fsp3) is 0.345. The molecule has 2 aliphatic heterocycles. The lowest BCUT2D eigenvalue weighted by atomic mass is 9.91. The molecule has 2 saturated heterocycles. The molecule has 0 bridgehead atoms. The van der Waals surface area contributed by atoms with E-state index in [9.17, 15) is 9.18 Å². The van der Waals surface area contributed by atoms with Gasteiger partial charge >= 0.3 is 0 Å². The van der Waals surface area contributed by atoms with Crippen LogP contribution in [0.15, 0.2) is 65.6 Å². The Balaban J connectivity index is 0.00000289. The van der Waals surface area contributed by atoms with Gasteiger partial charge in [0.1, 0.15) is 5.82 Å². The molecule has 6 heteroatoms. The molecule has 184 valence electrons. The number of hydrogen-bond donors (Lipinski definition) is 0. The minimum atomic E-state index is -0.198. The van der Waals surface area contributed by atoms with E-state index in [-0.39, 0.29) is 24.1 Å². The Bertz CT molecular complexity index is 1190. The third kappa shape index (κ3) is 6.03. The number of carbonyl (C=O) groups is 1. The van der Waals surface area contributed by atoms with E-state index >= 15 is 0 Å². The molecule has 0 saturated carbocycles. The first kappa shape index (κ1) is 25.6. The zero-order chi connectivity index (χ0) is 23.5. The lowest BCUT2D eigenvalue weighted by Gasteiger charge is -2.30. The molecule has 0 unspecified atom stereocenters. The van der Waals surface area contributed by atoms with Gasteiger partial charge in [-0.3, -0.25) is 9.69 Å². The zero-order valence-electron chi connectivity index (χ0n) is 20.1. The number of likely N-dealkylation sites (tertiary alicyclic amines) is 2. The van der Waals surface area contributed by atoms with Gasteiger partial charge in [-0.1, -0.05) is 29.8 Å². The quantitative estimate of drug-likeness (QED) is 0.370. The van der Waals surface area contributed by atoms with Gasteiger partial charge in [-0.25, -0.2) is 4.39 Å². The largest absolute Gasteiger partial charge is 0.339 e. The van der Waals surface area contributed by atoms with Crippen LogP contribution in [0.3, 0.4) is 0 Å². The Morgan fingerprint density at radius 3 is 2.31 bits per heavy atom. The highest BCUT2D eigenvalue weighted by molar-refractivity contribution is 7.11. The van der Waals surface area contributed by atoms with Crippen LogP contribution in [0.2, 0.25) is 0 Å². The van der Waals surface area contributed by atoms with Crippen LogP contribution in [-0.4, -0.2) is 41.9 Å². The zero-order valence-corrected chi connectivity index (χ0v) is 21.8. The molecular formula is C29H32ClFN2OS. The fourth-order valence-electron chi connectivity index (χ4n) is 5.09. The average molecular weight is 511 g/mol. The molecular weight excluding hydrogens is 479 g/mol. The number of carbonyl (C=O) groups excluding carboxylic acids is 1. The Morgan fingerprint density at radius 1 is 0.943 bits per heavy atom. The summed E-state index contributed by atoms with van der Waals surface area (Å²) in [5.41, 5.74) is 7.09. The first-order valence-electron chi connectivity index (χ1n) is 12.2. The van der Waals surface area contributed by atoms with Crippen LogP contribution in [-0.2, 0) is 6.54 Å². The summed E-state index contributed by atoms with van der Waals surface area (Å²) in [6.07, 6.45) is 4.21. The van der Waals surface area contributed by atoms with Crippen molar-refractivity contribution >= 4 is 35.2 Å². The second-order valence-electron chi connectivity index (χ2n) is 9.45. The smallest absolute Gasteiger partial charge is 0.253 e. The van der Waals surface area contributed by atoms with Gasteiger partial charge < -0.3 is 4.90 Å². The molecule has 2 aliphatic rings. The summed E-state index contributed by atoms with van der Waals surface area (Å²) in [7, 11) is 0. The molecule has 1 amide bonds. The maximum absolute atomic E-state index is 13.6. The standard InChI is InChI=1S/C29H31FN2OS.ClH/c1-21-17-27(34-20-21)28(23-7-9-26(30)10-8-23)24-11-15-31(16-12-24)19-22-5-4-6-25(18-22)29(33)32-13-2-3-14-32;/h4-10,17-18,20H,2-3,11-16,19H2,1H3;1H. The van der Waals surface area contributed by atoms with E-state index in [4.69, 9.17) is 0 Å². The van der Waals surface area contributed by atoms with E-state index in [1.807, 2.05) is 29.2 Å². The van der Waals surface area contributed by atoms with Crippen LogP contribution < -0.4 is 0 Å². The summed E-state index contributed by atoms with van der Waals surface area (Å²) < 4.78 is 13.6. The molecule has 3 nitrogen and oxygen atoms in total. The SMILES string of the molecule is Cc1csc(C(=C2CCN(Cc3cccc(C(=O)N4CCCC4)c3)CC2)c2ccc(F)cc2)c1.Cl. The van der Waals surface area contributed by atoms with Crippen molar-refractivity contribution in [2.75, 3.05) is 26.2 Å². The van der Waals surface area contributed by atoms with Crippen molar-refractivity contribution in [1.29, 1.82) is 0 Å². The topological polar surface area (TPSA) is 23.6 Å². The van der Waals surface area contributed by atoms with Crippen molar-refractivity contribution in [3.8, 4) is 0 Å². The van der Waals surface area contributed by atoms with E-state index in [1.165, 1.54) is 27.2 Å². The summed E-state index contributed by atoms with van der Waals surface area (Å²) in [5.74, 6) is -0.0332. The van der Waals surface area contributed by atoms with Crippen LogP contribution in [0.4, 0.5) is 4.39 Å². The number of nitrogens with zero attached hydrogens (tertiary/aromatic N) is 2. The van der Waals surface area contributed by atoms with E-state index in [0.29, 0.717) is 0 Å². The molecule has 3 aromatic rings. The number of aryl methyl sites for hydroxylation is 1. The fourth-order valence-corrected chi connectivity index (χ4v) is 6.11. The first-order valence-corrected chi connectivity index (χ1v) is 13.1. The summed E-state index contributed by atoms with van der Waals surface area (Å²) in [4.78, 5) is 18.5. The van der Waals surface area contributed by atoms with Crippen LogP contribution in [0.25, 0.3) is 5.57 Å². The van der Waals surface area contributed by atoms with E-state index in [1.54, 1.807) is 23.5 Å². The molecule has 35 heavy (non-hydrogen) atoms. The Kier molecular flexibility index (Phi) is 8.42. The molecule has 2 fully saturated rings. The first-order chi connectivity index (χ1) is 16.6. The number of piperidine rings is 1. The van der Waals surface area contributed by atoms with Gasteiger partial charge in [0.2, 0.25) is 0 Å². The van der Waals surface area contributed by atoms with Crippen LogP contribution in [0.1, 0.15) is 57.6 Å². The molecule has 0 aliphatic carbocycles. The van der Waals surface area contributed by atoms with Crippen LogP contribution >= 0.6 is 23.7 Å². The number of rotatable bonds is 5. The lowest BCUT2D eigenvalue weighted by molar-refractivity contribution is 0.0792. The summed E-state index contributed by atoms with van der Waals surface area (Å²) in [5, 5.41) is 2.19. The second kappa shape index (κ2) is 11.5. The number of amides is 1. The molecule has 0 spiro atoms. The van der Waals surface area contributed by atoms with Gasteiger partial charge in [-0.2, -0.15) is 0 Å². The molecule has 1 aromatic heterocycles. The molecule has 3 heterocycles. The van der Waals surface area contributed by atoms with E-state index in [0.717, 1.165) is 69.5 Å². The highest BCUT2D eigenvalue weighted by atomic mass is 35.5. The lowest BCUT2D eigenvalue weighted by Crippen LogP contribution is -2.31. The van der Waals surface area contributed by atoms with Crippen LogP contribution in [0, 0.1) is 12.7 Å². The maximum Gasteiger partial charge on any atom is 0.253 e. The van der Waals surface area contributed by atoms with Gasteiger partial charge in [0, 0.05) is 43.2 Å². The van der Waals surface area contributed by atoms with Gasteiger partial charge in [-0.15, -0.1) is 23.7 Å². The van der Waals surface area contributed by atoms with E-state index in [2.05, 4.69) is 35.4 Å². The minimum absolute atomic E-state index is 0. The van der Waals surface area contributed by atoms with E-state index < -0.39 is 0 Å². The van der Waals surface area contributed by atoms with Crippen molar-refractivity contribution in [3.05, 3.63) is 98.5 Å². The molecule has 2 aromatic carbocycles. The highest BCUT2D eigenvalue weighted by Gasteiger charge is 2.22. The number of hydrogen-bond acceptors (Lipinski definition) is 3. The monoisotopic (exact) mass is 510 g/mol. The van der Waals surface area contributed by atoms with Crippen molar-refractivity contribution in [2.24, 2.45) is 0 Å². The maximum atomic E-state index is 13.6.